The van der Waals surface area contributed by atoms with Crippen LogP contribution in [0.5, 0.6) is 0 Å². The summed E-state index contributed by atoms with van der Waals surface area (Å²) in [5.41, 5.74) is 0. The van der Waals surface area contributed by atoms with Crippen LogP contribution in [0.4, 0.5) is 4.79 Å². The van der Waals surface area contributed by atoms with Gasteiger partial charge in [0.25, 0.3) is 5.24 Å². The maximum Gasteiger partial charge on any atom is 0.279 e. The SMILES string of the molecule is CCCCNC(=O)SC(C)C. The van der Waals surface area contributed by atoms with E-state index >= 15 is 0 Å². The van der Waals surface area contributed by atoms with Crippen LogP contribution in [0.2, 0.25) is 0 Å². The van der Waals surface area contributed by atoms with Crippen molar-refractivity contribution < 1.29 is 4.79 Å². The molecule has 66 valence electrons. The maximum atomic E-state index is 11.0. The second kappa shape index (κ2) is 6.53. The topological polar surface area (TPSA) is 29.1 Å². The Labute approximate surface area is 73.1 Å². The first kappa shape index (κ1) is 10.8. The largest absolute Gasteiger partial charge is 0.347 e. The third-order valence-electron chi connectivity index (χ3n) is 1.14. The van der Waals surface area contributed by atoms with Crippen molar-refractivity contribution in [2.24, 2.45) is 0 Å². The smallest absolute Gasteiger partial charge is 0.279 e. The van der Waals surface area contributed by atoms with Gasteiger partial charge in [0.2, 0.25) is 0 Å². The van der Waals surface area contributed by atoms with Crippen molar-refractivity contribution in [3.63, 3.8) is 0 Å². The number of hydrogen-bond donors (Lipinski definition) is 1. The lowest BCUT2D eigenvalue weighted by atomic mass is 10.3. The van der Waals surface area contributed by atoms with Crippen molar-refractivity contribution in [1.82, 2.24) is 5.32 Å². The van der Waals surface area contributed by atoms with Gasteiger partial charge >= 0.3 is 0 Å². The minimum Gasteiger partial charge on any atom is -0.347 e. The lowest BCUT2D eigenvalue weighted by Gasteiger charge is -2.04. The fourth-order valence-corrected chi connectivity index (χ4v) is 1.24. The Morgan fingerprint density at radius 1 is 1.55 bits per heavy atom. The minimum absolute atomic E-state index is 0.105. The molecule has 0 bridgehead atoms. The van der Waals surface area contributed by atoms with E-state index in [0.717, 1.165) is 19.4 Å². The Morgan fingerprint density at radius 3 is 2.64 bits per heavy atom. The van der Waals surface area contributed by atoms with Gasteiger partial charge in [-0.2, -0.15) is 0 Å². The molecule has 0 atom stereocenters. The van der Waals surface area contributed by atoms with Gasteiger partial charge in [0.1, 0.15) is 0 Å². The van der Waals surface area contributed by atoms with Crippen LogP contribution in [0, 0.1) is 0 Å². The third kappa shape index (κ3) is 7.72. The Bertz CT molecular complexity index is 115. The molecule has 0 unspecified atom stereocenters. The average molecular weight is 175 g/mol. The lowest BCUT2D eigenvalue weighted by molar-refractivity contribution is 0.260. The average Bonchev–Trinajstić information content (AvgIpc) is 1.86. The van der Waals surface area contributed by atoms with E-state index in [1.807, 2.05) is 13.8 Å². The van der Waals surface area contributed by atoms with Crippen molar-refractivity contribution >= 4 is 17.0 Å². The molecular formula is C8H17NOS. The zero-order valence-electron chi connectivity index (χ0n) is 7.52. The van der Waals surface area contributed by atoms with Crippen molar-refractivity contribution in [3.8, 4) is 0 Å². The summed E-state index contributed by atoms with van der Waals surface area (Å²) < 4.78 is 0. The van der Waals surface area contributed by atoms with E-state index in [1.165, 1.54) is 11.8 Å². The minimum atomic E-state index is 0.105. The van der Waals surface area contributed by atoms with Crippen LogP contribution in [-0.4, -0.2) is 17.0 Å². The fraction of sp³-hybridized carbons (Fsp3) is 0.875. The monoisotopic (exact) mass is 175 g/mol. The highest BCUT2D eigenvalue weighted by Crippen LogP contribution is 2.09. The summed E-state index contributed by atoms with van der Waals surface area (Å²) in [7, 11) is 0. The maximum absolute atomic E-state index is 11.0. The first-order valence-corrected chi connectivity index (χ1v) is 4.99. The summed E-state index contributed by atoms with van der Waals surface area (Å²) in [5, 5.41) is 3.33. The molecule has 2 nitrogen and oxygen atoms in total. The molecule has 0 aliphatic heterocycles. The first-order valence-electron chi connectivity index (χ1n) is 4.11. The van der Waals surface area contributed by atoms with Crippen LogP contribution in [0.25, 0.3) is 0 Å². The molecular weight excluding hydrogens is 158 g/mol. The van der Waals surface area contributed by atoms with Crippen LogP contribution in [0.3, 0.4) is 0 Å². The summed E-state index contributed by atoms with van der Waals surface area (Å²) in [4.78, 5) is 11.0. The number of carbonyl (C=O) groups excluding carboxylic acids is 1. The molecule has 0 aromatic rings. The van der Waals surface area contributed by atoms with Crippen molar-refractivity contribution in [1.29, 1.82) is 0 Å². The zero-order valence-corrected chi connectivity index (χ0v) is 8.33. The number of rotatable bonds is 4. The summed E-state index contributed by atoms with van der Waals surface area (Å²) in [5.74, 6) is 0. The highest BCUT2D eigenvalue weighted by molar-refractivity contribution is 8.14. The molecule has 0 radical (unpaired) electrons. The van der Waals surface area contributed by atoms with Crippen LogP contribution in [0.1, 0.15) is 33.6 Å². The predicted octanol–water partition coefficient (Wildman–Crippen LogP) is 2.64. The molecule has 0 aliphatic rings. The van der Waals surface area contributed by atoms with Gasteiger partial charge in [-0.3, -0.25) is 4.79 Å². The van der Waals surface area contributed by atoms with E-state index in [2.05, 4.69) is 12.2 Å². The summed E-state index contributed by atoms with van der Waals surface area (Å²) in [6, 6.07) is 0. The lowest BCUT2D eigenvalue weighted by Crippen LogP contribution is -2.20. The van der Waals surface area contributed by atoms with Crippen LogP contribution >= 0.6 is 11.8 Å². The molecule has 0 aromatic heterocycles. The number of unbranched alkanes of at least 4 members (excludes halogenated alkanes) is 1. The van der Waals surface area contributed by atoms with Crippen molar-refractivity contribution in [2.45, 2.75) is 38.9 Å². The third-order valence-corrected chi connectivity index (χ3v) is 1.97. The Hall–Kier alpha value is -0.180. The van der Waals surface area contributed by atoms with Gasteiger partial charge in [0, 0.05) is 11.8 Å². The number of hydrogen-bond acceptors (Lipinski definition) is 2. The molecule has 11 heavy (non-hydrogen) atoms. The molecule has 0 fully saturated rings. The zero-order chi connectivity index (χ0) is 8.69. The number of carbonyl (C=O) groups is 1. The fourth-order valence-electron chi connectivity index (χ4n) is 0.623. The number of thioether (sulfide) groups is 1. The van der Waals surface area contributed by atoms with Gasteiger partial charge in [-0.15, -0.1) is 0 Å². The summed E-state index contributed by atoms with van der Waals surface area (Å²) in [6.07, 6.45) is 2.21. The molecule has 1 amide bonds. The van der Waals surface area contributed by atoms with Crippen LogP contribution in [-0.2, 0) is 0 Å². The molecule has 0 saturated heterocycles. The predicted molar refractivity (Wildman–Crippen MR) is 51.0 cm³/mol. The molecule has 1 N–H and O–H groups in total. The van der Waals surface area contributed by atoms with E-state index in [0.29, 0.717) is 5.25 Å². The Kier molecular flexibility index (Phi) is 6.42. The molecule has 3 heteroatoms. The van der Waals surface area contributed by atoms with Crippen molar-refractivity contribution in [3.05, 3.63) is 0 Å². The molecule has 0 rings (SSSR count). The van der Waals surface area contributed by atoms with Crippen LogP contribution < -0.4 is 5.32 Å². The quantitative estimate of drug-likeness (QED) is 0.665. The molecule has 0 aromatic carbocycles. The van der Waals surface area contributed by atoms with Crippen molar-refractivity contribution in [2.75, 3.05) is 6.54 Å². The standard InChI is InChI=1S/C8H17NOS/c1-4-5-6-9-8(10)11-7(2)3/h7H,4-6H2,1-3H3,(H,9,10). The highest BCUT2D eigenvalue weighted by Gasteiger charge is 2.02. The Morgan fingerprint density at radius 2 is 2.18 bits per heavy atom. The molecule has 0 spiro atoms. The van der Waals surface area contributed by atoms with Gasteiger partial charge in [0.05, 0.1) is 0 Å². The van der Waals surface area contributed by atoms with Gasteiger partial charge < -0.3 is 5.32 Å². The molecule has 0 aliphatic carbocycles. The second-order valence-corrected chi connectivity index (χ2v) is 4.28. The van der Waals surface area contributed by atoms with Gasteiger partial charge in [-0.1, -0.05) is 39.0 Å². The molecule has 0 saturated carbocycles. The van der Waals surface area contributed by atoms with E-state index in [1.54, 1.807) is 0 Å². The molecule has 0 heterocycles. The van der Waals surface area contributed by atoms with Gasteiger partial charge in [0.15, 0.2) is 0 Å². The van der Waals surface area contributed by atoms with E-state index < -0.39 is 0 Å². The number of nitrogens with one attached hydrogen (secondary N) is 1. The normalized spacial score (nSPS) is 10.2. The Balaban J connectivity index is 3.23. The summed E-state index contributed by atoms with van der Waals surface area (Å²) in [6.45, 7) is 6.96. The first-order chi connectivity index (χ1) is 5.16. The highest BCUT2D eigenvalue weighted by atomic mass is 32.2. The summed E-state index contributed by atoms with van der Waals surface area (Å²) >= 11 is 1.35. The van der Waals surface area contributed by atoms with Gasteiger partial charge in [-0.25, -0.2) is 0 Å². The van der Waals surface area contributed by atoms with E-state index in [4.69, 9.17) is 0 Å². The van der Waals surface area contributed by atoms with E-state index in [-0.39, 0.29) is 5.24 Å². The van der Waals surface area contributed by atoms with Crippen LogP contribution in [0.15, 0.2) is 0 Å². The van der Waals surface area contributed by atoms with E-state index in [9.17, 15) is 4.79 Å². The second-order valence-electron chi connectivity index (χ2n) is 2.73. The van der Waals surface area contributed by atoms with Gasteiger partial charge in [-0.05, 0) is 6.42 Å². The number of amides is 1.